The van der Waals surface area contributed by atoms with Gasteiger partial charge in [0, 0.05) is 11.9 Å². The van der Waals surface area contributed by atoms with E-state index in [4.69, 9.17) is 35.0 Å². The topological polar surface area (TPSA) is 144 Å². The number of carboxylic acids is 3. The van der Waals surface area contributed by atoms with Crippen molar-refractivity contribution < 1.29 is 46.8 Å². The van der Waals surface area contributed by atoms with Crippen LogP contribution < -0.4 is 15.3 Å². The van der Waals surface area contributed by atoms with Gasteiger partial charge in [0.05, 0.1) is 0 Å². The van der Waals surface area contributed by atoms with E-state index in [2.05, 4.69) is 0 Å². The van der Waals surface area contributed by atoms with E-state index < -0.39 is 17.9 Å². The molecule has 7 nitrogen and oxygen atoms in total. The molecule has 79 valence electrons. The van der Waals surface area contributed by atoms with Crippen LogP contribution in [-0.2, 0) is 31.5 Å². The fraction of sp³-hybridized carbons (Fsp3) is 0.333. The predicted molar refractivity (Wildman–Crippen MR) is 32.0 cm³/mol. The average molecular weight is 244 g/mol. The number of hydrogen-bond donors (Lipinski definition) is 0. The van der Waals surface area contributed by atoms with Crippen LogP contribution in [0.2, 0.25) is 0 Å². The number of nitrogens with zero attached hydrogens (tertiary/aromatic N) is 1. The Labute approximate surface area is 90.4 Å². The van der Waals surface area contributed by atoms with Gasteiger partial charge < -0.3 is 29.7 Å². The fourth-order valence-corrected chi connectivity index (χ4v) is 0. The van der Waals surface area contributed by atoms with Gasteiger partial charge in [-0.15, -0.1) is 0 Å². The molecule has 0 bridgehead atoms. The normalized spacial score (nSPS) is 5.50. The second kappa shape index (κ2) is 17.5. The Morgan fingerprint density at radius 1 is 1.00 bits per heavy atom. The molecule has 0 saturated carbocycles. The van der Waals surface area contributed by atoms with Gasteiger partial charge in [0.1, 0.15) is 12.0 Å². The second-order valence-electron chi connectivity index (χ2n) is 1.38. The first-order valence-corrected chi connectivity index (χ1v) is 2.70. The van der Waals surface area contributed by atoms with Crippen LogP contribution in [0.25, 0.3) is 0 Å². The molecular formula is C6H6FeNO6. The van der Waals surface area contributed by atoms with E-state index in [-0.39, 0.29) is 17.1 Å². The summed E-state index contributed by atoms with van der Waals surface area (Å²) in [6, 6.07) is 0.833. The van der Waals surface area contributed by atoms with Crippen LogP contribution in [0, 0.1) is 11.3 Å². The summed E-state index contributed by atoms with van der Waals surface area (Å²) in [5, 5.41) is 33.9. The van der Waals surface area contributed by atoms with Crippen LogP contribution in [0.5, 0.6) is 0 Å². The van der Waals surface area contributed by atoms with Gasteiger partial charge in [-0.25, -0.2) is 0 Å². The van der Waals surface area contributed by atoms with E-state index >= 15 is 0 Å². The molecule has 1 radical (unpaired) electrons. The summed E-state index contributed by atoms with van der Waals surface area (Å²) in [5.74, 6) is -3.86. The van der Waals surface area contributed by atoms with E-state index in [1.165, 1.54) is 0 Å². The van der Waals surface area contributed by atoms with Gasteiger partial charge >= 0.3 is 17.1 Å². The van der Waals surface area contributed by atoms with Crippen molar-refractivity contribution in [3.63, 3.8) is 0 Å². The van der Waals surface area contributed by atoms with Gasteiger partial charge in [0.2, 0.25) is 0 Å². The molecule has 0 amide bonds. The maximum atomic E-state index is 8.90. The molecule has 0 spiro atoms. The van der Waals surface area contributed by atoms with Crippen molar-refractivity contribution in [2.45, 2.75) is 13.8 Å². The minimum absolute atomic E-state index is 0. The third-order valence-electron chi connectivity index (χ3n) is 0.0913. The zero-order chi connectivity index (χ0) is 11.4. The monoisotopic (exact) mass is 244 g/mol. The summed E-state index contributed by atoms with van der Waals surface area (Å²) in [5.41, 5.74) is 0. The number of carbonyl (C=O) groups excluding carboxylic acids is 3. The van der Waals surface area contributed by atoms with Gasteiger partial charge in [-0.2, -0.15) is 5.26 Å². The Hall–Kier alpha value is -1.58. The summed E-state index contributed by atoms with van der Waals surface area (Å²) in [6.45, 7) is 1.94. The third kappa shape index (κ3) is 5250. The van der Waals surface area contributed by atoms with Gasteiger partial charge in [-0.05, 0) is 13.8 Å². The van der Waals surface area contributed by atoms with Gasteiger partial charge in [-0.1, -0.05) is 0 Å². The molecule has 14 heavy (non-hydrogen) atoms. The van der Waals surface area contributed by atoms with Crippen molar-refractivity contribution in [2.24, 2.45) is 0 Å². The molecule has 0 aliphatic heterocycles. The van der Waals surface area contributed by atoms with Crippen molar-refractivity contribution in [1.29, 1.82) is 5.26 Å². The summed E-state index contributed by atoms with van der Waals surface area (Å²) in [4.78, 5) is 26.7. The van der Waals surface area contributed by atoms with Gasteiger partial charge in [0.25, 0.3) is 0 Å². The molecule has 0 heterocycles. The SMILES string of the molecule is CC(=O)[O-].CC(=O)[O-].N#CC(=O)[O-].[Fe+3]. The molecule has 0 aliphatic rings. The molecule has 8 heteroatoms. The molecule has 0 unspecified atom stereocenters. The molecule has 0 aromatic rings. The Bertz CT molecular complexity index is 201. The van der Waals surface area contributed by atoms with E-state index in [1.807, 2.05) is 0 Å². The molecule has 0 saturated heterocycles. The number of carboxylic acid groups (broad SMARTS) is 3. The van der Waals surface area contributed by atoms with Crippen molar-refractivity contribution in [3.8, 4) is 6.07 Å². The average Bonchev–Trinajstić information content (AvgIpc) is 1.84. The molecule has 0 N–H and O–H groups in total. The Morgan fingerprint density at radius 3 is 1.07 bits per heavy atom. The molecule has 0 rings (SSSR count). The van der Waals surface area contributed by atoms with Crippen LogP contribution in [0.15, 0.2) is 0 Å². The van der Waals surface area contributed by atoms with Crippen LogP contribution >= 0.6 is 0 Å². The summed E-state index contributed by atoms with van der Waals surface area (Å²) in [6.07, 6.45) is 0. The van der Waals surface area contributed by atoms with Crippen LogP contribution in [0.1, 0.15) is 13.8 Å². The van der Waals surface area contributed by atoms with Crippen LogP contribution in [0.4, 0.5) is 0 Å². The molecule has 0 atom stereocenters. The first-order chi connectivity index (χ1) is 5.73. The third-order valence-corrected chi connectivity index (χ3v) is 0.0913. The van der Waals surface area contributed by atoms with E-state index in [0.717, 1.165) is 19.9 Å². The van der Waals surface area contributed by atoms with Gasteiger partial charge in [0.15, 0.2) is 0 Å². The minimum atomic E-state index is -1.69. The zero-order valence-electron chi connectivity index (χ0n) is 7.25. The Balaban J connectivity index is -0.0000000522. The van der Waals surface area contributed by atoms with Gasteiger partial charge in [-0.3, -0.25) is 0 Å². The first kappa shape index (κ1) is 22.8. The Kier molecular flexibility index (Phi) is 28.5. The number of hydrogen-bond acceptors (Lipinski definition) is 7. The summed E-state index contributed by atoms with van der Waals surface area (Å²) < 4.78 is 0. The number of aliphatic carboxylic acids is 3. The summed E-state index contributed by atoms with van der Waals surface area (Å²) >= 11 is 0. The number of carbonyl (C=O) groups is 3. The van der Waals surface area contributed by atoms with Crippen molar-refractivity contribution in [3.05, 3.63) is 0 Å². The van der Waals surface area contributed by atoms with Crippen LogP contribution in [-0.4, -0.2) is 17.9 Å². The van der Waals surface area contributed by atoms with Crippen molar-refractivity contribution in [1.82, 2.24) is 0 Å². The van der Waals surface area contributed by atoms with E-state index in [9.17, 15) is 0 Å². The smallest absolute Gasteiger partial charge is 0.550 e. The molecule has 0 aliphatic carbocycles. The fourth-order valence-electron chi connectivity index (χ4n) is 0. The maximum Gasteiger partial charge on any atom is 3.00 e. The number of nitriles is 1. The predicted octanol–water partition coefficient (Wildman–Crippen LogP) is -4.23. The quantitative estimate of drug-likeness (QED) is 0.310. The Morgan fingerprint density at radius 2 is 1.07 bits per heavy atom. The standard InChI is InChI=1S/C2HNO2.2C2H4O2.Fe/c3-1-2(4)5;2*1-2(3)4;/h(H,4,5);2*1H3,(H,3,4);/q;;;+3/p-3. The summed E-state index contributed by atoms with van der Waals surface area (Å²) in [7, 11) is 0. The van der Waals surface area contributed by atoms with Crippen molar-refractivity contribution in [2.75, 3.05) is 0 Å². The second-order valence-corrected chi connectivity index (χ2v) is 1.38. The molecule has 0 aromatic carbocycles. The number of rotatable bonds is 0. The van der Waals surface area contributed by atoms with E-state index in [1.54, 1.807) is 0 Å². The molecule has 0 fully saturated rings. The zero-order valence-corrected chi connectivity index (χ0v) is 8.35. The van der Waals surface area contributed by atoms with E-state index in [0.29, 0.717) is 0 Å². The largest absolute Gasteiger partial charge is 3.00 e. The minimum Gasteiger partial charge on any atom is -0.550 e. The first-order valence-electron chi connectivity index (χ1n) is 2.70. The molecule has 0 aromatic heterocycles. The van der Waals surface area contributed by atoms with Crippen LogP contribution in [0.3, 0.4) is 0 Å². The van der Waals surface area contributed by atoms with Crippen molar-refractivity contribution >= 4 is 17.9 Å². The maximum absolute atomic E-state index is 8.90. The molecular weight excluding hydrogens is 238 g/mol.